The molecule has 0 unspecified atom stereocenters. The number of nitrogens with zero attached hydrogens (tertiary/aromatic N) is 1. The van der Waals surface area contributed by atoms with Crippen LogP contribution in [0.3, 0.4) is 0 Å². The zero-order valence-electron chi connectivity index (χ0n) is 14.9. The number of carbonyl (C=O) groups excluding carboxylic acids is 2. The Hall–Kier alpha value is -2.74. The lowest BCUT2D eigenvalue weighted by molar-refractivity contribution is -0.130. The van der Waals surface area contributed by atoms with Gasteiger partial charge in [0.25, 0.3) is 11.8 Å². The minimum atomic E-state index is -1.02. The van der Waals surface area contributed by atoms with E-state index in [-0.39, 0.29) is 0 Å². The van der Waals surface area contributed by atoms with Crippen LogP contribution in [0.5, 0.6) is 0 Å². The summed E-state index contributed by atoms with van der Waals surface area (Å²) in [5.41, 5.74) is 5.17. The first kappa shape index (κ1) is 19.0. The first-order valence-electron chi connectivity index (χ1n) is 8.88. The third-order valence-corrected chi connectivity index (χ3v) is 4.34. The smallest absolute Gasteiger partial charge is 0.259 e. The predicted molar refractivity (Wildman–Crippen MR) is 101 cm³/mol. The van der Waals surface area contributed by atoms with Gasteiger partial charge in [0, 0.05) is 18.7 Å². The van der Waals surface area contributed by atoms with E-state index in [2.05, 4.69) is 10.7 Å². The summed E-state index contributed by atoms with van der Waals surface area (Å²) in [6.45, 7) is 1.72. The second kappa shape index (κ2) is 9.27. The maximum absolute atomic E-state index is 12.4. The fourth-order valence-electron chi connectivity index (χ4n) is 2.79. The Kier molecular flexibility index (Phi) is 6.54. The molecule has 0 saturated carbocycles. The predicted octanol–water partition coefficient (Wildman–Crippen LogP) is 0.808. The molecule has 142 valence electrons. The molecular formula is C20H23N3O4. The Morgan fingerprint density at radius 1 is 1.00 bits per heavy atom. The monoisotopic (exact) mass is 369 g/mol. The lowest BCUT2D eigenvalue weighted by atomic mass is 10.0. The van der Waals surface area contributed by atoms with Crippen LogP contribution in [0.25, 0.3) is 11.1 Å². The van der Waals surface area contributed by atoms with Crippen LogP contribution in [0.2, 0.25) is 0 Å². The Bertz CT molecular complexity index is 759. The Balaban J connectivity index is 1.60. The number of rotatable bonds is 6. The summed E-state index contributed by atoms with van der Waals surface area (Å²) >= 11 is 0. The van der Waals surface area contributed by atoms with Crippen LogP contribution in [-0.2, 0) is 9.53 Å². The zero-order valence-corrected chi connectivity index (χ0v) is 14.9. The van der Waals surface area contributed by atoms with Gasteiger partial charge in [-0.15, -0.1) is 0 Å². The molecule has 1 aliphatic heterocycles. The molecule has 7 heteroatoms. The Morgan fingerprint density at radius 2 is 1.63 bits per heavy atom. The van der Waals surface area contributed by atoms with Crippen LogP contribution in [0.1, 0.15) is 10.4 Å². The van der Waals surface area contributed by atoms with E-state index in [0.29, 0.717) is 31.9 Å². The van der Waals surface area contributed by atoms with Crippen molar-refractivity contribution in [2.24, 2.45) is 0 Å². The summed E-state index contributed by atoms with van der Waals surface area (Å²) in [4.78, 5) is 24.7. The molecule has 27 heavy (non-hydrogen) atoms. The summed E-state index contributed by atoms with van der Waals surface area (Å²) in [7, 11) is 0. The molecule has 7 nitrogen and oxygen atoms in total. The molecule has 1 atom stereocenters. The molecule has 3 N–H and O–H groups in total. The van der Waals surface area contributed by atoms with Crippen LogP contribution in [-0.4, -0.2) is 60.9 Å². The summed E-state index contributed by atoms with van der Waals surface area (Å²) in [5.74, 6) is -0.862. The molecule has 1 heterocycles. The highest BCUT2D eigenvalue weighted by Gasteiger charge is 2.23. The summed E-state index contributed by atoms with van der Waals surface area (Å²) in [6, 6.07) is 15.9. The SMILES string of the molecule is O=C(N[C@@H](CO)C(=O)NN1CCOCC1)c1ccc(-c2ccccc2)cc1. The van der Waals surface area contributed by atoms with Crippen LogP contribution < -0.4 is 10.7 Å². The third-order valence-electron chi connectivity index (χ3n) is 4.34. The normalized spacial score (nSPS) is 15.7. The second-order valence-electron chi connectivity index (χ2n) is 6.23. The number of nitrogens with one attached hydrogen (secondary N) is 2. The molecule has 0 aliphatic carbocycles. The minimum Gasteiger partial charge on any atom is -0.394 e. The topological polar surface area (TPSA) is 90.9 Å². The van der Waals surface area contributed by atoms with Crippen molar-refractivity contribution in [2.75, 3.05) is 32.9 Å². The number of benzene rings is 2. The lowest BCUT2D eigenvalue weighted by Crippen LogP contribution is -2.56. The molecule has 0 aromatic heterocycles. The van der Waals surface area contributed by atoms with Gasteiger partial charge in [0.1, 0.15) is 6.04 Å². The van der Waals surface area contributed by atoms with Crippen LogP contribution >= 0.6 is 0 Å². The van der Waals surface area contributed by atoms with Gasteiger partial charge in [-0.3, -0.25) is 15.0 Å². The van der Waals surface area contributed by atoms with E-state index in [1.807, 2.05) is 42.5 Å². The van der Waals surface area contributed by atoms with Crippen molar-refractivity contribution < 1.29 is 19.4 Å². The van der Waals surface area contributed by atoms with Crippen molar-refractivity contribution in [2.45, 2.75) is 6.04 Å². The van der Waals surface area contributed by atoms with Crippen molar-refractivity contribution in [3.63, 3.8) is 0 Å². The van der Waals surface area contributed by atoms with E-state index in [4.69, 9.17) is 4.74 Å². The molecule has 1 aliphatic rings. The number of hydrogen-bond donors (Lipinski definition) is 3. The molecule has 2 aromatic rings. The zero-order chi connectivity index (χ0) is 19.1. The van der Waals surface area contributed by atoms with Crippen LogP contribution in [0.15, 0.2) is 54.6 Å². The second-order valence-corrected chi connectivity index (χ2v) is 6.23. The van der Waals surface area contributed by atoms with E-state index in [9.17, 15) is 14.7 Å². The molecule has 2 amide bonds. The number of morpholine rings is 1. The van der Waals surface area contributed by atoms with Gasteiger partial charge in [0.2, 0.25) is 0 Å². The van der Waals surface area contributed by atoms with E-state index in [1.54, 1.807) is 17.1 Å². The number of ether oxygens (including phenoxy) is 1. The van der Waals surface area contributed by atoms with Crippen molar-refractivity contribution >= 4 is 11.8 Å². The van der Waals surface area contributed by atoms with Gasteiger partial charge in [-0.2, -0.15) is 0 Å². The van der Waals surface area contributed by atoms with Gasteiger partial charge in [-0.05, 0) is 23.3 Å². The molecule has 1 fully saturated rings. The molecular weight excluding hydrogens is 346 g/mol. The molecule has 2 aromatic carbocycles. The molecule has 0 radical (unpaired) electrons. The van der Waals surface area contributed by atoms with Gasteiger partial charge < -0.3 is 15.2 Å². The quantitative estimate of drug-likeness (QED) is 0.701. The summed E-state index contributed by atoms with van der Waals surface area (Å²) < 4.78 is 5.22. The van der Waals surface area contributed by atoms with Crippen LogP contribution in [0, 0.1) is 0 Å². The summed E-state index contributed by atoms with van der Waals surface area (Å²) in [5, 5.41) is 13.8. The Morgan fingerprint density at radius 3 is 2.26 bits per heavy atom. The highest BCUT2D eigenvalue weighted by atomic mass is 16.5. The molecule has 0 bridgehead atoms. The molecule has 1 saturated heterocycles. The summed E-state index contributed by atoms with van der Waals surface area (Å²) in [6.07, 6.45) is 0. The van der Waals surface area contributed by atoms with Gasteiger partial charge in [0.15, 0.2) is 0 Å². The van der Waals surface area contributed by atoms with Gasteiger partial charge in [0.05, 0.1) is 19.8 Å². The van der Waals surface area contributed by atoms with Gasteiger partial charge in [-0.1, -0.05) is 42.5 Å². The highest BCUT2D eigenvalue weighted by molar-refractivity contribution is 5.97. The minimum absolute atomic E-state index is 0.411. The van der Waals surface area contributed by atoms with Gasteiger partial charge in [-0.25, -0.2) is 5.01 Å². The fourth-order valence-corrected chi connectivity index (χ4v) is 2.79. The molecule has 0 spiro atoms. The maximum Gasteiger partial charge on any atom is 0.259 e. The average molecular weight is 369 g/mol. The molecule has 3 rings (SSSR count). The highest BCUT2D eigenvalue weighted by Crippen LogP contribution is 2.19. The third kappa shape index (κ3) is 5.13. The van der Waals surface area contributed by atoms with Crippen molar-refractivity contribution in [3.8, 4) is 11.1 Å². The lowest BCUT2D eigenvalue weighted by Gasteiger charge is -2.28. The number of aliphatic hydroxyl groups excluding tert-OH is 1. The number of hydrazine groups is 1. The van der Waals surface area contributed by atoms with Crippen molar-refractivity contribution in [1.82, 2.24) is 15.8 Å². The van der Waals surface area contributed by atoms with E-state index < -0.39 is 24.5 Å². The average Bonchev–Trinajstić information content (AvgIpc) is 2.73. The Labute approximate surface area is 157 Å². The standard InChI is InChI=1S/C20H23N3O4/c24-14-18(20(26)22-23-10-12-27-13-11-23)21-19(25)17-8-6-16(7-9-17)15-4-2-1-3-5-15/h1-9,18,24H,10-14H2,(H,21,25)(H,22,26)/t18-/m0/s1. The number of amides is 2. The van der Waals surface area contributed by atoms with E-state index in [1.165, 1.54) is 0 Å². The first-order valence-corrected chi connectivity index (χ1v) is 8.88. The van der Waals surface area contributed by atoms with Crippen molar-refractivity contribution in [3.05, 3.63) is 60.2 Å². The van der Waals surface area contributed by atoms with E-state index in [0.717, 1.165) is 11.1 Å². The van der Waals surface area contributed by atoms with Crippen LogP contribution in [0.4, 0.5) is 0 Å². The number of hydrogen-bond acceptors (Lipinski definition) is 5. The largest absolute Gasteiger partial charge is 0.394 e. The number of aliphatic hydroxyl groups is 1. The van der Waals surface area contributed by atoms with Crippen molar-refractivity contribution in [1.29, 1.82) is 0 Å². The van der Waals surface area contributed by atoms with Gasteiger partial charge >= 0.3 is 0 Å². The number of carbonyl (C=O) groups is 2. The fraction of sp³-hybridized carbons (Fsp3) is 0.300. The first-order chi connectivity index (χ1) is 13.2. The maximum atomic E-state index is 12.4. The van der Waals surface area contributed by atoms with E-state index >= 15 is 0 Å².